The van der Waals surface area contributed by atoms with Gasteiger partial charge in [0.2, 0.25) is 5.91 Å². The third-order valence-corrected chi connectivity index (χ3v) is 9.42. The molecule has 2 N–H and O–H groups in total. The number of anilines is 3. The van der Waals surface area contributed by atoms with Gasteiger partial charge >= 0.3 is 0 Å². The van der Waals surface area contributed by atoms with Gasteiger partial charge in [0.25, 0.3) is 5.91 Å². The number of halogens is 2. The highest BCUT2D eigenvalue weighted by Gasteiger charge is 2.32. The van der Waals surface area contributed by atoms with Crippen LogP contribution in [0.25, 0.3) is 0 Å². The van der Waals surface area contributed by atoms with Crippen LogP contribution < -0.4 is 15.5 Å². The van der Waals surface area contributed by atoms with Crippen LogP contribution in [0.1, 0.15) is 27.0 Å². The summed E-state index contributed by atoms with van der Waals surface area (Å²) in [6.07, 6.45) is 0. The van der Waals surface area contributed by atoms with Crippen molar-refractivity contribution in [1.82, 2.24) is 4.90 Å². The number of hydrogen-bond donors (Lipinski definition) is 2. The molecule has 3 aromatic carbocycles. The topological polar surface area (TPSA) is 98.8 Å². The number of nitrogens with zero attached hydrogens (tertiary/aromatic N) is 2. The van der Waals surface area contributed by atoms with Crippen LogP contribution in [0.2, 0.25) is 5.02 Å². The summed E-state index contributed by atoms with van der Waals surface area (Å²) in [4.78, 5) is 30.1. The minimum absolute atomic E-state index is 0.0128. The average Bonchev–Trinajstić information content (AvgIpc) is 2.92. The Kier molecular flexibility index (Phi) is 7.74. The first-order chi connectivity index (χ1) is 19.0. The van der Waals surface area contributed by atoms with Gasteiger partial charge in [-0.3, -0.25) is 9.59 Å². The van der Waals surface area contributed by atoms with Crippen LogP contribution in [0.4, 0.5) is 21.5 Å². The third-order valence-electron chi connectivity index (χ3n) is 7.50. The number of sulfone groups is 1. The molecule has 0 unspecified atom stereocenters. The average molecular weight is 585 g/mol. The molecule has 210 valence electrons. The summed E-state index contributed by atoms with van der Waals surface area (Å²) in [5, 5.41) is 5.67. The molecule has 40 heavy (non-hydrogen) atoms. The first-order valence-electron chi connectivity index (χ1n) is 13.0. The lowest BCUT2D eigenvalue weighted by atomic mass is 10.1. The van der Waals surface area contributed by atoms with Gasteiger partial charge in [0.15, 0.2) is 9.84 Å². The van der Waals surface area contributed by atoms with Gasteiger partial charge in [0.05, 0.1) is 22.9 Å². The van der Waals surface area contributed by atoms with Crippen molar-refractivity contribution in [3.05, 3.63) is 87.7 Å². The number of hydrogen-bond acceptors (Lipinski definition) is 6. The van der Waals surface area contributed by atoms with Crippen LogP contribution in [-0.4, -0.2) is 63.1 Å². The zero-order valence-corrected chi connectivity index (χ0v) is 23.8. The number of rotatable bonds is 6. The summed E-state index contributed by atoms with van der Waals surface area (Å²) in [6, 6.07) is 14.0. The molecule has 0 saturated carbocycles. The number of aryl methyl sites for hydroxylation is 1. The van der Waals surface area contributed by atoms with E-state index in [1.807, 2.05) is 6.07 Å². The SMILES string of the molecule is Cc1cccc(N2CCN(C(=O)c3ccc4c(c3)NC(=O)[C@H](CS(=O)(=O)Cc3c(F)cccc3Cl)N4)CC2)c1C. The molecule has 0 spiro atoms. The van der Waals surface area contributed by atoms with E-state index in [2.05, 4.69) is 41.5 Å². The molecule has 11 heteroatoms. The van der Waals surface area contributed by atoms with E-state index < -0.39 is 39.1 Å². The van der Waals surface area contributed by atoms with E-state index in [0.29, 0.717) is 43.1 Å². The predicted octanol–water partition coefficient (Wildman–Crippen LogP) is 4.41. The highest BCUT2D eigenvalue weighted by atomic mass is 35.5. The molecule has 2 aliphatic heterocycles. The molecule has 2 amide bonds. The van der Waals surface area contributed by atoms with Crippen molar-refractivity contribution < 1.29 is 22.4 Å². The maximum Gasteiger partial charge on any atom is 0.254 e. The Labute approximate surface area is 238 Å². The summed E-state index contributed by atoms with van der Waals surface area (Å²) in [7, 11) is -3.89. The highest BCUT2D eigenvalue weighted by Crippen LogP contribution is 2.30. The zero-order chi connectivity index (χ0) is 28.6. The Morgan fingerprint density at radius 1 is 1.02 bits per heavy atom. The first-order valence-corrected chi connectivity index (χ1v) is 15.2. The zero-order valence-electron chi connectivity index (χ0n) is 22.2. The second kappa shape index (κ2) is 11.1. The van der Waals surface area contributed by atoms with Crippen molar-refractivity contribution in [1.29, 1.82) is 0 Å². The lowest BCUT2D eigenvalue weighted by Gasteiger charge is -2.37. The Balaban J connectivity index is 1.23. The van der Waals surface area contributed by atoms with Gasteiger partial charge in [-0.1, -0.05) is 29.8 Å². The Hall–Kier alpha value is -3.63. The van der Waals surface area contributed by atoms with Crippen molar-refractivity contribution in [2.45, 2.75) is 25.6 Å². The molecule has 0 aliphatic carbocycles. The van der Waals surface area contributed by atoms with Gasteiger partial charge in [-0.15, -0.1) is 0 Å². The highest BCUT2D eigenvalue weighted by molar-refractivity contribution is 7.90. The number of carbonyl (C=O) groups is 2. The Bertz CT molecular complexity index is 1570. The number of carbonyl (C=O) groups excluding carboxylic acids is 2. The fourth-order valence-electron chi connectivity index (χ4n) is 5.11. The molecular weight excluding hydrogens is 555 g/mol. The molecular formula is C29H30ClFN4O4S. The van der Waals surface area contributed by atoms with Gasteiger partial charge < -0.3 is 20.4 Å². The minimum Gasteiger partial charge on any atom is -0.371 e. The molecule has 1 fully saturated rings. The van der Waals surface area contributed by atoms with E-state index in [1.54, 1.807) is 23.1 Å². The second-order valence-corrected chi connectivity index (χ2v) is 12.7. The maximum atomic E-state index is 14.1. The van der Waals surface area contributed by atoms with E-state index in [1.165, 1.54) is 28.9 Å². The standard InChI is InChI=1S/C29H30ClFN4O4S/c1-18-5-3-8-27(19(18)2)34-11-13-35(14-12-34)29(37)20-9-10-24-25(15-20)33-28(36)26(32-24)17-40(38,39)16-21-22(30)6-4-7-23(21)31/h3-10,15,26,32H,11-14,16-17H2,1-2H3,(H,33,36)/t26-/m0/s1. The quantitative estimate of drug-likeness (QED) is 0.445. The van der Waals surface area contributed by atoms with Gasteiger partial charge in [0.1, 0.15) is 11.9 Å². The molecule has 1 atom stereocenters. The molecule has 1 saturated heterocycles. The molecule has 0 bridgehead atoms. The largest absolute Gasteiger partial charge is 0.371 e. The smallest absolute Gasteiger partial charge is 0.254 e. The normalized spacial score (nSPS) is 17.2. The third kappa shape index (κ3) is 5.78. The Morgan fingerprint density at radius 3 is 2.48 bits per heavy atom. The van der Waals surface area contributed by atoms with Crippen LogP contribution in [-0.2, 0) is 20.4 Å². The fraction of sp³-hybridized carbons (Fsp3) is 0.310. The van der Waals surface area contributed by atoms with Crippen LogP contribution in [0.5, 0.6) is 0 Å². The van der Waals surface area contributed by atoms with Crippen LogP contribution in [0.15, 0.2) is 54.6 Å². The van der Waals surface area contributed by atoms with Gasteiger partial charge in [0, 0.05) is 48.0 Å². The monoisotopic (exact) mass is 584 g/mol. The van der Waals surface area contributed by atoms with Gasteiger partial charge in [-0.2, -0.15) is 0 Å². The molecule has 0 aromatic heterocycles. The molecule has 2 heterocycles. The molecule has 3 aromatic rings. The van der Waals surface area contributed by atoms with Gasteiger partial charge in [-0.25, -0.2) is 12.8 Å². The van der Waals surface area contributed by atoms with E-state index in [-0.39, 0.29) is 16.5 Å². The summed E-state index contributed by atoms with van der Waals surface area (Å²) in [5.41, 5.74) is 4.86. The molecule has 5 rings (SSSR count). The number of fused-ring (bicyclic) bond motifs is 1. The predicted molar refractivity (Wildman–Crippen MR) is 155 cm³/mol. The first kappa shape index (κ1) is 27.9. The minimum atomic E-state index is -3.89. The van der Waals surface area contributed by atoms with Crippen molar-refractivity contribution in [2.24, 2.45) is 0 Å². The fourth-order valence-corrected chi connectivity index (χ4v) is 7.01. The van der Waals surface area contributed by atoms with Gasteiger partial charge in [-0.05, 0) is 61.4 Å². The number of piperazine rings is 1. The summed E-state index contributed by atoms with van der Waals surface area (Å²) in [5.74, 6) is -2.58. The van der Waals surface area contributed by atoms with Crippen molar-refractivity contribution in [3.8, 4) is 0 Å². The van der Waals surface area contributed by atoms with E-state index in [4.69, 9.17) is 11.6 Å². The number of benzene rings is 3. The number of amides is 2. The summed E-state index contributed by atoms with van der Waals surface area (Å²) >= 11 is 5.98. The van der Waals surface area contributed by atoms with Crippen molar-refractivity contribution in [2.75, 3.05) is 47.5 Å². The van der Waals surface area contributed by atoms with Crippen molar-refractivity contribution >= 4 is 50.3 Å². The summed E-state index contributed by atoms with van der Waals surface area (Å²) in [6.45, 7) is 6.77. The lowest BCUT2D eigenvalue weighted by molar-refractivity contribution is -0.116. The maximum absolute atomic E-state index is 14.1. The van der Waals surface area contributed by atoms with Crippen molar-refractivity contribution in [3.63, 3.8) is 0 Å². The van der Waals surface area contributed by atoms with Crippen LogP contribution in [0.3, 0.4) is 0 Å². The summed E-state index contributed by atoms with van der Waals surface area (Å²) < 4.78 is 39.7. The van der Waals surface area contributed by atoms with E-state index in [9.17, 15) is 22.4 Å². The Morgan fingerprint density at radius 2 is 1.75 bits per heavy atom. The molecule has 8 nitrogen and oxygen atoms in total. The second-order valence-electron chi connectivity index (χ2n) is 10.2. The van der Waals surface area contributed by atoms with Crippen LogP contribution >= 0.6 is 11.6 Å². The number of nitrogens with one attached hydrogen (secondary N) is 2. The van der Waals surface area contributed by atoms with Crippen LogP contribution in [0, 0.1) is 19.7 Å². The van der Waals surface area contributed by atoms with E-state index >= 15 is 0 Å². The molecule has 2 aliphatic rings. The lowest BCUT2D eigenvalue weighted by Crippen LogP contribution is -2.49. The van der Waals surface area contributed by atoms with E-state index in [0.717, 1.165) is 6.07 Å². The molecule has 0 radical (unpaired) electrons.